The molecule has 19 heavy (non-hydrogen) atoms. The maximum Gasteiger partial charge on any atom is 0.131 e. The first-order valence-corrected chi connectivity index (χ1v) is 6.50. The molecule has 2 rings (SSSR count). The fourth-order valence-electron chi connectivity index (χ4n) is 2.75. The van der Waals surface area contributed by atoms with Gasteiger partial charge in [-0.2, -0.15) is 0 Å². The van der Waals surface area contributed by atoms with Crippen LogP contribution in [0.5, 0.6) is 0 Å². The molecule has 0 aliphatic rings. The van der Waals surface area contributed by atoms with Gasteiger partial charge in [0.15, 0.2) is 0 Å². The lowest BCUT2D eigenvalue weighted by atomic mass is 9.90. The average molecular weight is 257 g/mol. The lowest BCUT2D eigenvalue weighted by Gasteiger charge is -2.20. The van der Waals surface area contributed by atoms with E-state index in [1.807, 2.05) is 19.9 Å². The smallest absolute Gasteiger partial charge is 0.131 e. The highest BCUT2D eigenvalue weighted by Crippen LogP contribution is 2.29. The first kappa shape index (κ1) is 13.8. The minimum atomic E-state index is -0.416. The van der Waals surface area contributed by atoms with Crippen LogP contribution in [0.15, 0.2) is 30.3 Å². The van der Waals surface area contributed by atoms with E-state index in [1.54, 1.807) is 19.1 Å². The van der Waals surface area contributed by atoms with Crippen LogP contribution in [0.25, 0.3) is 0 Å². The number of hydrogen-bond acceptors (Lipinski definition) is 1. The van der Waals surface area contributed by atoms with Gasteiger partial charge >= 0.3 is 0 Å². The van der Waals surface area contributed by atoms with E-state index in [1.165, 1.54) is 5.56 Å². The van der Waals surface area contributed by atoms with Crippen molar-refractivity contribution in [3.63, 3.8) is 0 Å². The van der Waals surface area contributed by atoms with E-state index < -0.39 is 6.04 Å². The van der Waals surface area contributed by atoms with Crippen molar-refractivity contribution < 1.29 is 4.39 Å². The molecule has 0 aromatic heterocycles. The summed E-state index contributed by atoms with van der Waals surface area (Å²) in [7, 11) is 0. The van der Waals surface area contributed by atoms with Gasteiger partial charge in [-0.3, -0.25) is 0 Å². The van der Waals surface area contributed by atoms with Gasteiger partial charge in [-0.25, -0.2) is 4.39 Å². The second-order valence-corrected chi connectivity index (χ2v) is 5.27. The molecule has 2 heteroatoms. The molecule has 2 aromatic rings. The van der Waals surface area contributed by atoms with Crippen molar-refractivity contribution in [2.24, 2.45) is 5.73 Å². The standard InChI is InChI=1S/C17H20FN/c1-10-8-12(3)15(13(4)9-10)17(19)14-7-5-6-11(2)16(14)18/h5-9,17H,19H2,1-4H3. The Morgan fingerprint density at radius 3 is 2.11 bits per heavy atom. The Morgan fingerprint density at radius 2 is 1.53 bits per heavy atom. The van der Waals surface area contributed by atoms with Gasteiger partial charge < -0.3 is 5.73 Å². The number of benzene rings is 2. The highest BCUT2D eigenvalue weighted by Gasteiger charge is 2.18. The molecule has 0 amide bonds. The molecule has 2 N–H and O–H groups in total. The van der Waals surface area contributed by atoms with Gasteiger partial charge in [-0.1, -0.05) is 35.9 Å². The summed E-state index contributed by atoms with van der Waals surface area (Å²) in [4.78, 5) is 0. The Labute approximate surface area is 114 Å². The van der Waals surface area contributed by atoms with E-state index in [-0.39, 0.29) is 5.82 Å². The Balaban J connectivity index is 2.56. The molecule has 0 saturated carbocycles. The van der Waals surface area contributed by atoms with Gasteiger partial charge in [-0.05, 0) is 49.9 Å². The molecule has 0 bridgehead atoms. The second kappa shape index (κ2) is 5.14. The van der Waals surface area contributed by atoms with Gasteiger partial charge in [0.05, 0.1) is 6.04 Å². The van der Waals surface area contributed by atoms with Crippen molar-refractivity contribution in [1.29, 1.82) is 0 Å². The van der Waals surface area contributed by atoms with Gasteiger partial charge in [-0.15, -0.1) is 0 Å². The van der Waals surface area contributed by atoms with Crippen molar-refractivity contribution in [2.45, 2.75) is 33.7 Å². The summed E-state index contributed by atoms with van der Waals surface area (Å²) in [6.07, 6.45) is 0. The van der Waals surface area contributed by atoms with Crippen LogP contribution in [0.2, 0.25) is 0 Å². The normalized spacial score (nSPS) is 12.5. The monoisotopic (exact) mass is 257 g/mol. The van der Waals surface area contributed by atoms with Crippen LogP contribution < -0.4 is 5.73 Å². The summed E-state index contributed by atoms with van der Waals surface area (Å²) in [5, 5.41) is 0. The zero-order valence-corrected chi connectivity index (χ0v) is 11.9. The average Bonchev–Trinajstić information content (AvgIpc) is 2.31. The number of nitrogens with two attached hydrogens (primary N) is 1. The van der Waals surface area contributed by atoms with Gasteiger partial charge in [0, 0.05) is 5.56 Å². The summed E-state index contributed by atoms with van der Waals surface area (Å²) in [5.74, 6) is -0.200. The first-order valence-electron chi connectivity index (χ1n) is 6.50. The maximum atomic E-state index is 14.2. The molecule has 0 spiro atoms. The summed E-state index contributed by atoms with van der Waals surface area (Å²) < 4.78 is 14.2. The van der Waals surface area contributed by atoms with E-state index in [0.717, 1.165) is 16.7 Å². The number of aryl methyl sites for hydroxylation is 4. The van der Waals surface area contributed by atoms with E-state index in [9.17, 15) is 4.39 Å². The predicted molar refractivity (Wildman–Crippen MR) is 77.8 cm³/mol. The quantitative estimate of drug-likeness (QED) is 0.861. The lowest BCUT2D eigenvalue weighted by molar-refractivity contribution is 0.590. The van der Waals surface area contributed by atoms with Crippen LogP contribution >= 0.6 is 0 Å². The van der Waals surface area contributed by atoms with E-state index in [4.69, 9.17) is 5.73 Å². The molecule has 0 fully saturated rings. The number of hydrogen-bond donors (Lipinski definition) is 1. The highest BCUT2D eigenvalue weighted by atomic mass is 19.1. The van der Waals surface area contributed by atoms with Crippen LogP contribution in [-0.4, -0.2) is 0 Å². The SMILES string of the molecule is Cc1cc(C)c(C(N)c2cccc(C)c2F)c(C)c1. The third-order valence-corrected chi connectivity index (χ3v) is 3.61. The van der Waals surface area contributed by atoms with E-state index in [2.05, 4.69) is 19.1 Å². The topological polar surface area (TPSA) is 26.0 Å². The predicted octanol–water partition coefficient (Wildman–Crippen LogP) is 4.11. The Bertz CT molecular complexity index is 594. The molecule has 0 saturated heterocycles. The summed E-state index contributed by atoms with van der Waals surface area (Å²) in [5.41, 5.74) is 12.0. The first-order chi connectivity index (χ1) is 8.91. The minimum Gasteiger partial charge on any atom is -0.320 e. The maximum absolute atomic E-state index is 14.2. The lowest BCUT2D eigenvalue weighted by Crippen LogP contribution is -2.17. The van der Waals surface area contributed by atoms with Crippen LogP contribution in [0.4, 0.5) is 4.39 Å². The van der Waals surface area contributed by atoms with Crippen LogP contribution in [0.3, 0.4) is 0 Å². The number of halogens is 1. The molecule has 0 radical (unpaired) electrons. The Kier molecular flexibility index (Phi) is 3.72. The van der Waals surface area contributed by atoms with Crippen molar-refractivity contribution >= 4 is 0 Å². The molecule has 0 aliphatic heterocycles. The molecule has 1 unspecified atom stereocenters. The van der Waals surface area contributed by atoms with Gasteiger partial charge in [0.1, 0.15) is 5.82 Å². The van der Waals surface area contributed by atoms with E-state index >= 15 is 0 Å². The third kappa shape index (κ3) is 2.54. The fourth-order valence-corrected chi connectivity index (χ4v) is 2.75. The van der Waals surface area contributed by atoms with Crippen LogP contribution in [0.1, 0.15) is 39.4 Å². The van der Waals surface area contributed by atoms with Crippen molar-refractivity contribution in [3.05, 3.63) is 69.5 Å². The zero-order chi connectivity index (χ0) is 14.2. The Hall–Kier alpha value is -1.67. The number of rotatable bonds is 2. The summed E-state index contributed by atoms with van der Waals surface area (Å²) in [6.45, 7) is 7.88. The molecular formula is C17H20FN. The molecule has 1 nitrogen and oxygen atoms in total. The van der Waals surface area contributed by atoms with Gasteiger partial charge in [0.2, 0.25) is 0 Å². The van der Waals surface area contributed by atoms with Crippen LogP contribution in [0, 0.1) is 33.5 Å². The molecule has 1 atom stereocenters. The van der Waals surface area contributed by atoms with Crippen molar-refractivity contribution in [2.75, 3.05) is 0 Å². The van der Waals surface area contributed by atoms with Gasteiger partial charge in [0.25, 0.3) is 0 Å². The Morgan fingerprint density at radius 1 is 0.947 bits per heavy atom. The molecule has 0 aliphatic carbocycles. The fraction of sp³-hybridized carbons (Fsp3) is 0.294. The van der Waals surface area contributed by atoms with Crippen LogP contribution in [-0.2, 0) is 0 Å². The van der Waals surface area contributed by atoms with Crippen molar-refractivity contribution in [3.8, 4) is 0 Å². The second-order valence-electron chi connectivity index (χ2n) is 5.27. The highest BCUT2D eigenvalue weighted by molar-refractivity contribution is 5.44. The van der Waals surface area contributed by atoms with Crippen molar-refractivity contribution in [1.82, 2.24) is 0 Å². The zero-order valence-electron chi connectivity index (χ0n) is 11.9. The summed E-state index contributed by atoms with van der Waals surface area (Å²) in [6, 6.07) is 9.16. The third-order valence-electron chi connectivity index (χ3n) is 3.61. The largest absolute Gasteiger partial charge is 0.320 e. The van der Waals surface area contributed by atoms with E-state index in [0.29, 0.717) is 11.1 Å². The molecular weight excluding hydrogens is 237 g/mol. The molecule has 2 aromatic carbocycles. The molecule has 0 heterocycles. The minimum absolute atomic E-state index is 0.200. The summed E-state index contributed by atoms with van der Waals surface area (Å²) >= 11 is 0. The molecule has 100 valence electrons.